The molecule has 128 valence electrons. The summed E-state index contributed by atoms with van der Waals surface area (Å²) < 4.78 is 53.3. The van der Waals surface area contributed by atoms with Gasteiger partial charge in [0.25, 0.3) is 0 Å². The third-order valence-electron chi connectivity index (χ3n) is 2.76. The van der Waals surface area contributed by atoms with Gasteiger partial charge in [-0.2, -0.15) is 0 Å². The number of anilines is 1. The number of carbonyl (C=O) groups is 1. The Morgan fingerprint density at radius 1 is 1.17 bits per heavy atom. The fourth-order valence-corrected chi connectivity index (χ4v) is 1.96. The Kier molecular flexibility index (Phi) is 5.50. The molecule has 2 rings (SSSR count). The smallest absolute Gasteiger partial charge is 0.406 e. The van der Waals surface area contributed by atoms with Gasteiger partial charge in [0, 0.05) is 12.2 Å². The number of carbonyl (C=O) groups excluding carboxylic acids is 1. The zero-order valence-corrected chi connectivity index (χ0v) is 12.7. The number of benzene rings is 2. The zero-order chi connectivity index (χ0) is 17.7. The molecule has 0 saturated carbocycles. The molecule has 2 N–H and O–H groups in total. The average molecular weight is 363 g/mol. The number of amides is 2. The standard InChI is InChI=1S/C15H11ClF4N2O2/c16-12-7-10(4-5-13(12)17)22-14(23)21-8-9-2-1-3-11(6-9)24-15(18,19)20/h1-7H,8H2,(H2,21,22,23). The maximum Gasteiger partial charge on any atom is 0.573 e. The lowest BCUT2D eigenvalue weighted by Gasteiger charge is -2.11. The monoisotopic (exact) mass is 362 g/mol. The van der Waals surface area contributed by atoms with Gasteiger partial charge >= 0.3 is 12.4 Å². The minimum Gasteiger partial charge on any atom is -0.406 e. The van der Waals surface area contributed by atoms with Gasteiger partial charge in [-0.05, 0) is 35.9 Å². The molecule has 0 atom stereocenters. The average Bonchev–Trinajstić information content (AvgIpc) is 2.48. The van der Waals surface area contributed by atoms with Crippen molar-refractivity contribution in [3.63, 3.8) is 0 Å². The van der Waals surface area contributed by atoms with E-state index in [0.29, 0.717) is 5.56 Å². The Hall–Kier alpha value is -2.48. The fraction of sp³-hybridized carbons (Fsp3) is 0.133. The Balaban J connectivity index is 1.91. The molecule has 0 radical (unpaired) electrons. The first-order chi connectivity index (χ1) is 11.2. The van der Waals surface area contributed by atoms with Gasteiger partial charge in [-0.25, -0.2) is 9.18 Å². The predicted octanol–water partition coefficient (Wildman–Crippen LogP) is 4.70. The maximum atomic E-state index is 13.0. The largest absolute Gasteiger partial charge is 0.573 e. The molecule has 9 heteroatoms. The van der Waals surface area contributed by atoms with Crippen molar-refractivity contribution in [2.75, 3.05) is 5.32 Å². The molecule has 2 aromatic carbocycles. The second-order valence-corrected chi connectivity index (χ2v) is 5.04. The number of nitrogens with one attached hydrogen (secondary N) is 2. The van der Waals surface area contributed by atoms with Gasteiger partial charge in [0.1, 0.15) is 11.6 Å². The molecule has 4 nitrogen and oxygen atoms in total. The quantitative estimate of drug-likeness (QED) is 0.775. The van der Waals surface area contributed by atoms with E-state index in [4.69, 9.17) is 11.6 Å². The van der Waals surface area contributed by atoms with Crippen LogP contribution in [0.3, 0.4) is 0 Å². The van der Waals surface area contributed by atoms with Crippen molar-refractivity contribution in [2.24, 2.45) is 0 Å². The molecule has 0 fully saturated rings. The van der Waals surface area contributed by atoms with Crippen molar-refractivity contribution >= 4 is 23.3 Å². The summed E-state index contributed by atoms with van der Waals surface area (Å²) in [6.45, 7) is -0.0319. The van der Waals surface area contributed by atoms with Crippen molar-refractivity contribution in [1.29, 1.82) is 0 Å². The van der Waals surface area contributed by atoms with Crippen LogP contribution in [0.5, 0.6) is 5.75 Å². The summed E-state index contributed by atoms with van der Waals surface area (Å²) in [5, 5.41) is 4.72. The molecular formula is C15H11ClF4N2O2. The highest BCUT2D eigenvalue weighted by atomic mass is 35.5. The van der Waals surface area contributed by atoms with Crippen molar-refractivity contribution in [3.05, 3.63) is 58.9 Å². The van der Waals surface area contributed by atoms with Gasteiger partial charge in [0.2, 0.25) is 0 Å². The summed E-state index contributed by atoms with van der Waals surface area (Å²) >= 11 is 5.59. The van der Waals surface area contributed by atoms with Gasteiger partial charge in [0.15, 0.2) is 0 Å². The summed E-state index contributed by atoms with van der Waals surface area (Å²) in [5.74, 6) is -1.00. The highest BCUT2D eigenvalue weighted by Gasteiger charge is 2.31. The number of ether oxygens (including phenoxy) is 1. The lowest BCUT2D eigenvalue weighted by atomic mass is 10.2. The minimum absolute atomic E-state index is 0.0319. The highest BCUT2D eigenvalue weighted by Crippen LogP contribution is 2.23. The molecule has 2 aromatic rings. The maximum absolute atomic E-state index is 13.0. The molecule has 0 heterocycles. The topological polar surface area (TPSA) is 50.4 Å². The van der Waals surface area contributed by atoms with E-state index in [2.05, 4.69) is 15.4 Å². The second kappa shape index (κ2) is 7.39. The van der Waals surface area contributed by atoms with E-state index in [-0.39, 0.29) is 23.0 Å². The van der Waals surface area contributed by atoms with Crippen LogP contribution < -0.4 is 15.4 Å². The molecule has 24 heavy (non-hydrogen) atoms. The lowest BCUT2D eigenvalue weighted by molar-refractivity contribution is -0.274. The zero-order valence-electron chi connectivity index (χ0n) is 12.0. The Labute approximate surface area is 139 Å². The molecule has 0 aromatic heterocycles. The van der Waals surface area contributed by atoms with Crippen LogP contribution in [0.25, 0.3) is 0 Å². The van der Waals surface area contributed by atoms with Crippen LogP contribution in [0.4, 0.5) is 28.0 Å². The Morgan fingerprint density at radius 3 is 2.58 bits per heavy atom. The van der Waals surface area contributed by atoms with E-state index in [9.17, 15) is 22.4 Å². The highest BCUT2D eigenvalue weighted by molar-refractivity contribution is 6.31. The summed E-state index contributed by atoms with van der Waals surface area (Å²) in [5.41, 5.74) is 0.678. The van der Waals surface area contributed by atoms with Gasteiger partial charge in [-0.1, -0.05) is 23.7 Å². The number of halogens is 5. The van der Waals surface area contributed by atoms with Gasteiger partial charge in [-0.3, -0.25) is 0 Å². The fourth-order valence-electron chi connectivity index (χ4n) is 1.78. The van der Waals surface area contributed by atoms with E-state index in [0.717, 1.165) is 18.2 Å². The van der Waals surface area contributed by atoms with Crippen LogP contribution in [0, 0.1) is 5.82 Å². The van der Waals surface area contributed by atoms with Crippen LogP contribution in [-0.4, -0.2) is 12.4 Å². The molecule has 0 unspecified atom stereocenters. The Morgan fingerprint density at radius 2 is 1.92 bits per heavy atom. The lowest BCUT2D eigenvalue weighted by Crippen LogP contribution is -2.28. The second-order valence-electron chi connectivity index (χ2n) is 4.63. The first kappa shape index (κ1) is 17.9. The summed E-state index contributed by atoms with van der Waals surface area (Å²) in [6.07, 6.45) is -4.79. The SMILES string of the molecule is O=C(NCc1cccc(OC(F)(F)F)c1)Nc1ccc(F)c(Cl)c1. The third-order valence-corrected chi connectivity index (χ3v) is 3.05. The van der Waals surface area contributed by atoms with Crippen LogP contribution >= 0.6 is 11.6 Å². The molecule has 0 saturated heterocycles. The molecule has 2 amide bonds. The van der Waals surface area contributed by atoms with E-state index in [1.54, 1.807) is 0 Å². The number of hydrogen-bond acceptors (Lipinski definition) is 2. The molecule has 0 bridgehead atoms. The molecule has 0 aliphatic carbocycles. The third kappa shape index (κ3) is 5.62. The van der Waals surface area contributed by atoms with Crippen molar-refractivity contribution in [2.45, 2.75) is 12.9 Å². The molecule has 0 aliphatic rings. The van der Waals surface area contributed by atoms with Crippen LogP contribution in [0.15, 0.2) is 42.5 Å². The van der Waals surface area contributed by atoms with Crippen molar-refractivity contribution in [3.8, 4) is 5.75 Å². The van der Waals surface area contributed by atoms with Crippen LogP contribution in [0.1, 0.15) is 5.56 Å². The Bertz CT molecular complexity index is 738. The summed E-state index contributed by atoms with van der Waals surface area (Å²) in [7, 11) is 0. The van der Waals surface area contributed by atoms with Crippen LogP contribution in [0.2, 0.25) is 5.02 Å². The number of alkyl halides is 3. The van der Waals surface area contributed by atoms with Gasteiger partial charge < -0.3 is 15.4 Å². The summed E-state index contributed by atoms with van der Waals surface area (Å²) in [6, 6.07) is 8.22. The molecule has 0 spiro atoms. The van der Waals surface area contributed by atoms with Gasteiger partial charge in [0.05, 0.1) is 5.02 Å². The van der Waals surface area contributed by atoms with E-state index in [1.807, 2.05) is 0 Å². The van der Waals surface area contributed by atoms with E-state index in [1.165, 1.54) is 24.3 Å². The van der Waals surface area contributed by atoms with Crippen molar-refractivity contribution < 1.29 is 27.1 Å². The van der Waals surface area contributed by atoms with Crippen LogP contribution in [-0.2, 0) is 6.54 Å². The van der Waals surface area contributed by atoms with Crippen molar-refractivity contribution in [1.82, 2.24) is 5.32 Å². The number of rotatable bonds is 4. The predicted molar refractivity (Wildman–Crippen MR) is 80.4 cm³/mol. The normalized spacial score (nSPS) is 11.0. The molecule has 0 aliphatic heterocycles. The van der Waals surface area contributed by atoms with E-state index >= 15 is 0 Å². The first-order valence-electron chi connectivity index (χ1n) is 6.57. The number of hydrogen-bond donors (Lipinski definition) is 2. The molecular weight excluding hydrogens is 352 g/mol. The van der Waals surface area contributed by atoms with E-state index < -0.39 is 18.2 Å². The minimum atomic E-state index is -4.79. The number of urea groups is 1. The van der Waals surface area contributed by atoms with Gasteiger partial charge in [-0.15, -0.1) is 13.2 Å². The first-order valence-corrected chi connectivity index (χ1v) is 6.95. The summed E-state index contributed by atoms with van der Waals surface area (Å²) in [4.78, 5) is 11.7.